The molecule has 0 spiro atoms. The fourth-order valence-corrected chi connectivity index (χ4v) is 2.89. The van der Waals surface area contributed by atoms with Gasteiger partial charge in [0.15, 0.2) is 0 Å². The molecule has 6 nitrogen and oxygen atoms in total. The summed E-state index contributed by atoms with van der Waals surface area (Å²) in [5.41, 5.74) is 2.46. The van der Waals surface area contributed by atoms with Crippen molar-refractivity contribution in [2.45, 2.75) is 26.9 Å². The van der Waals surface area contributed by atoms with Crippen LogP contribution < -0.4 is 0 Å². The third kappa shape index (κ3) is 3.55. The predicted molar refractivity (Wildman–Crippen MR) is 93.4 cm³/mol. The Morgan fingerprint density at radius 2 is 1.83 bits per heavy atom. The van der Waals surface area contributed by atoms with Gasteiger partial charge in [-0.15, -0.1) is 0 Å². The minimum absolute atomic E-state index is 0.205. The van der Waals surface area contributed by atoms with Crippen molar-refractivity contribution >= 4 is 16.9 Å². The number of benzene rings is 1. The van der Waals surface area contributed by atoms with Crippen LogP contribution in [0.5, 0.6) is 5.75 Å². The predicted octanol–water partition coefficient (Wildman–Crippen LogP) is 2.75. The second-order valence-electron chi connectivity index (χ2n) is 6.47. The number of phenols is 1. The van der Waals surface area contributed by atoms with E-state index in [1.807, 2.05) is 38.0 Å². The summed E-state index contributed by atoms with van der Waals surface area (Å²) in [5.74, 6) is 0.287. The van der Waals surface area contributed by atoms with E-state index in [1.165, 1.54) is 0 Å². The van der Waals surface area contributed by atoms with Crippen LogP contribution in [0.4, 0.5) is 0 Å². The summed E-state index contributed by atoms with van der Waals surface area (Å²) >= 11 is 0. The smallest absolute Gasteiger partial charge is 0.342 e. The topological polar surface area (TPSA) is 66.1 Å². The molecule has 6 heteroatoms. The normalized spacial score (nSPS) is 11.7. The molecule has 1 aromatic carbocycles. The molecule has 2 rings (SSSR count). The lowest BCUT2D eigenvalue weighted by molar-refractivity contribution is 0.0526. The summed E-state index contributed by atoms with van der Waals surface area (Å²) in [6.45, 7) is 4.88. The first-order valence-corrected chi connectivity index (χ1v) is 7.99. The molecular weight excluding hydrogens is 308 g/mol. The number of esters is 1. The van der Waals surface area contributed by atoms with Gasteiger partial charge in [-0.2, -0.15) is 0 Å². The van der Waals surface area contributed by atoms with Gasteiger partial charge in [0.1, 0.15) is 22.7 Å². The van der Waals surface area contributed by atoms with Gasteiger partial charge >= 0.3 is 5.97 Å². The molecule has 0 fully saturated rings. The van der Waals surface area contributed by atoms with Crippen LogP contribution in [0, 0.1) is 6.92 Å². The lowest BCUT2D eigenvalue weighted by atomic mass is 9.99. The SMILES string of the molecule is CCOC(=O)c1c(C)oc2cc(CN(C)C)c(O)c(CN(C)C)c12. The first kappa shape index (κ1) is 18.3. The Hall–Kier alpha value is -2.05. The third-order valence-corrected chi connectivity index (χ3v) is 3.75. The van der Waals surface area contributed by atoms with Crippen LogP contribution >= 0.6 is 0 Å². The Morgan fingerprint density at radius 1 is 1.21 bits per heavy atom. The van der Waals surface area contributed by atoms with Crippen LogP contribution in [-0.4, -0.2) is 55.7 Å². The maximum absolute atomic E-state index is 12.4. The molecule has 0 aliphatic rings. The van der Waals surface area contributed by atoms with E-state index < -0.39 is 5.97 Å². The van der Waals surface area contributed by atoms with Gasteiger partial charge in [-0.3, -0.25) is 0 Å². The number of phenolic OH excluding ortho intramolecular Hbond substituents is 1. The maximum Gasteiger partial charge on any atom is 0.342 e. The molecular formula is C18H26N2O4. The number of nitrogens with zero attached hydrogens (tertiary/aromatic N) is 2. The zero-order valence-corrected chi connectivity index (χ0v) is 15.3. The fraction of sp³-hybridized carbons (Fsp3) is 0.500. The van der Waals surface area contributed by atoms with Crippen molar-refractivity contribution in [2.75, 3.05) is 34.8 Å². The molecule has 1 N–H and O–H groups in total. The molecule has 24 heavy (non-hydrogen) atoms. The number of furan rings is 1. The van der Waals surface area contributed by atoms with Crippen molar-refractivity contribution in [2.24, 2.45) is 0 Å². The van der Waals surface area contributed by atoms with E-state index >= 15 is 0 Å². The van der Waals surface area contributed by atoms with Crippen molar-refractivity contribution in [3.63, 3.8) is 0 Å². The quantitative estimate of drug-likeness (QED) is 0.820. The standard InChI is InChI=1S/C18H26N2O4/c1-7-23-18(22)15-11(2)24-14-8-12(9-19(3)4)17(21)13(16(14)15)10-20(5)6/h8,21H,7,9-10H2,1-6H3. The minimum Gasteiger partial charge on any atom is -0.507 e. The molecule has 0 amide bonds. The monoisotopic (exact) mass is 334 g/mol. The first-order valence-electron chi connectivity index (χ1n) is 7.99. The van der Waals surface area contributed by atoms with E-state index in [2.05, 4.69) is 0 Å². The molecule has 0 saturated heterocycles. The highest BCUT2D eigenvalue weighted by molar-refractivity contribution is 6.06. The zero-order valence-electron chi connectivity index (χ0n) is 15.3. The number of carbonyl (C=O) groups is 1. The number of rotatable bonds is 6. The highest BCUT2D eigenvalue weighted by Crippen LogP contribution is 2.37. The van der Waals surface area contributed by atoms with Crippen LogP contribution in [0.25, 0.3) is 11.0 Å². The zero-order chi connectivity index (χ0) is 18.0. The van der Waals surface area contributed by atoms with E-state index in [4.69, 9.17) is 9.15 Å². The summed E-state index contributed by atoms with van der Waals surface area (Å²) in [4.78, 5) is 16.3. The maximum atomic E-state index is 12.4. The Balaban J connectivity index is 2.75. The summed E-state index contributed by atoms with van der Waals surface area (Å²) < 4.78 is 11.0. The average molecular weight is 334 g/mol. The molecule has 0 aliphatic heterocycles. The first-order chi connectivity index (χ1) is 11.3. The number of fused-ring (bicyclic) bond motifs is 1. The van der Waals surface area contributed by atoms with E-state index in [-0.39, 0.29) is 5.75 Å². The summed E-state index contributed by atoms with van der Waals surface area (Å²) in [5, 5.41) is 11.4. The number of hydrogen-bond donors (Lipinski definition) is 1. The van der Waals surface area contributed by atoms with E-state index in [0.717, 1.165) is 5.56 Å². The van der Waals surface area contributed by atoms with Crippen molar-refractivity contribution < 1.29 is 19.1 Å². The van der Waals surface area contributed by atoms with Crippen LogP contribution in [-0.2, 0) is 17.8 Å². The molecule has 1 aromatic heterocycles. The van der Waals surface area contributed by atoms with E-state index in [1.54, 1.807) is 19.9 Å². The highest BCUT2D eigenvalue weighted by Gasteiger charge is 2.25. The van der Waals surface area contributed by atoms with Crippen molar-refractivity contribution in [3.8, 4) is 5.75 Å². The molecule has 0 bridgehead atoms. The van der Waals surface area contributed by atoms with Crippen LogP contribution in [0.3, 0.4) is 0 Å². The largest absolute Gasteiger partial charge is 0.507 e. The van der Waals surface area contributed by atoms with Gasteiger partial charge < -0.3 is 24.1 Å². The van der Waals surface area contributed by atoms with Crippen LogP contribution in [0.1, 0.15) is 34.2 Å². The van der Waals surface area contributed by atoms with Crippen molar-refractivity contribution in [3.05, 3.63) is 28.5 Å². The van der Waals surface area contributed by atoms with Crippen molar-refractivity contribution in [1.82, 2.24) is 9.80 Å². The Morgan fingerprint density at radius 3 is 2.38 bits per heavy atom. The lowest BCUT2D eigenvalue weighted by Gasteiger charge is -2.17. The molecule has 132 valence electrons. The average Bonchev–Trinajstić information content (AvgIpc) is 2.78. The van der Waals surface area contributed by atoms with Gasteiger partial charge in [0.2, 0.25) is 0 Å². The van der Waals surface area contributed by atoms with E-state index in [0.29, 0.717) is 47.6 Å². The second-order valence-corrected chi connectivity index (χ2v) is 6.47. The van der Waals surface area contributed by atoms with Gasteiger partial charge in [0.05, 0.1) is 6.61 Å². The van der Waals surface area contributed by atoms with Crippen LogP contribution in [0.2, 0.25) is 0 Å². The molecule has 0 aliphatic carbocycles. The number of ether oxygens (including phenoxy) is 1. The molecule has 0 saturated carbocycles. The molecule has 1 heterocycles. The highest BCUT2D eigenvalue weighted by atomic mass is 16.5. The second kappa shape index (κ2) is 7.23. The third-order valence-electron chi connectivity index (χ3n) is 3.75. The fourth-order valence-electron chi connectivity index (χ4n) is 2.89. The molecule has 0 atom stereocenters. The molecule has 0 unspecified atom stereocenters. The number of carbonyl (C=O) groups excluding carboxylic acids is 1. The Kier molecular flexibility index (Phi) is 5.51. The Labute approximate surface area is 142 Å². The number of aryl methyl sites for hydroxylation is 1. The van der Waals surface area contributed by atoms with E-state index in [9.17, 15) is 9.90 Å². The molecule has 0 radical (unpaired) electrons. The summed E-state index contributed by atoms with van der Waals surface area (Å²) in [7, 11) is 7.71. The van der Waals surface area contributed by atoms with Crippen molar-refractivity contribution in [1.29, 1.82) is 0 Å². The van der Waals surface area contributed by atoms with Gasteiger partial charge in [0.25, 0.3) is 0 Å². The minimum atomic E-state index is -0.423. The Bertz CT molecular complexity index is 747. The number of hydrogen-bond acceptors (Lipinski definition) is 6. The van der Waals surface area contributed by atoms with Crippen LogP contribution in [0.15, 0.2) is 10.5 Å². The van der Waals surface area contributed by atoms with Gasteiger partial charge in [0, 0.05) is 29.6 Å². The summed E-state index contributed by atoms with van der Waals surface area (Å²) in [6, 6.07) is 1.81. The summed E-state index contributed by atoms with van der Waals surface area (Å²) in [6.07, 6.45) is 0. The van der Waals surface area contributed by atoms with Gasteiger partial charge in [-0.1, -0.05) is 0 Å². The number of aromatic hydroxyl groups is 1. The van der Waals surface area contributed by atoms with Gasteiger partial charge in [-0.25, -0.2) is 4.79 Å². The molecule has 2 aromatic rings. The lowest BCUT2D eigenvalue weighted by Crippen LogP contribution is -2.15. The van der Waals surface area contributed by atoms with Gasteiger partial charge in [-0.05, 0) is 48.1 Å².